The summed E-state index contributed by atoms with van der Waals surface area (Å²) in [6, 6.07) is 5.04. The minimum Gasteiger partial charge on any atom is -0.440 e. The van der Waals surface area contributed by atoms with Gasteiger partial charge < -0.3 is 9.32 Å². The van der Waals surface area contributed by atoms with E-state index in [1.54, 1.807) is 6.07 Å². The van der Waals surface area contributed by atoms with Crippen LogP contribution < -0.4 is 0 Å². The average Bonchev–Trinajstić information content (AvgIpc) is 2.93. The van der Waals surface area contributed by atoms with Crippen LogP contribution in [0.25, 0.3) is 11.1 Å². The van der Waals surface area contributed by atoms with Crippen molar-refractivity contribution in [2.24, 2.45) is 0 Å². The maximum absolute atomic E-state index is 13.1. The summed E-state index contributed by atoms with van der Waals surface area (Å²) < 4.78 is 18.8. The molecule has 3 rings (SSSR count). The lowest BCUT2D eigenvalue weighted by molar-refractivity contribution is 0.269. The lowest BCUT2D eigenvalue weighted by Crippen LogP contribution is -2.27. The van der Waals surface area contributed by atoms with E-state index >= 15 is 0 Å². The summed E-state index contributed by atoms with van der Waals surface area (Å²) in [4.78, 5) is 6.83. The average molecular weight is 248 g/mol. The molecule has 1 fully saturated rings. The number of benzene rings is 1. The van der Waals surface area contributed by atoms with Crippen molar-refractivity contribution in [3.63, 3.8) is 0 Å². The fourth-order valence-corrected chi connectivity index (χ4v) is 2.55. The largest absolute Gasteiger partial charge is 0.440 e. The summed E-state index contributed by atoms with van der Waals surface area (Å²) in [5.74, 6) is 0.819. The summed E-state index contributed by atoms with van der Waals surface area (Å²) in [5.41, 5.74) is 1.29. The summed E-state index contributed by atoms with van der Waals surface area (Å²) in [6.07, 6.45) is 1.06. The number of hydrogen-bond acceptors (Lipinski definition) is 3. The zero-order chi connectivity index (χ0) is 12.7. The molecule has 1 aromatic carbocycles. The molecule has 1 saturated heterocycles. The molecule has 2 aromatic rings. The van der Waals surface area contributed by atoms with Crippen LogP contribution in [0.2, 0.25) is 0 Å². The maximum Gasteiger partial charge on any atom is 0.199 e. The molecule has 18 heavy (non-hydrogen) atoms. The van der Waals surface area contributed by atoms with Crippen molar-refractivity contribution >= 4 is 11.1 Å². The molecule has 0 amide bonds. The van der Waals surface area contributed by atoms with Crippen molar-refractivity contribution in [1.29, 1.82) is 0 Å². The summed E-state index contributed by atoms with van der Waals surface area (Å²) >= 11 is 0. The highest BCUT2D eigenvalue weighted by atomic mass is 19.1. The van der Waals surface area contributed by atoms with Gasteiger partial charge in [0.05, 0.1) is 0 Å². The van der Waals surface area contributed by atoms with Crippen LogP contribution >= 0.6 is 0 Å². The van der Waals surface area contributed by atoms with Gasteiger partial charge >= 0.3 is 0 Å². The van der Waals surface area contributed by atoms with Crippen molar-refractivity contribution < 1.29 is 8.81 Å². The molecule has 0 aliphatic carbocycles. The van der Waals surface area contributed by atoms with E-state index in [1.807, 2.05) is 0 Å². The molecule has 1 unspecified atom stereocenters. The third-order valence-corrected chi connectivity index (χ3v) is 3.67. The SMILES string of the molecule is CC(C)N1CCC(c2nc3cc(F)ccc3o2)C1. The van der Waals surface area contributed by atoms with Gasteiger partial charge in [-0.3, -0.25) is 0 Å². The minimum atomic E-state index is -0.266. The molecule has 1 atom stereocenters. The van der Waals surface area contributed by atoms with Crippen LogP contribution in [0.3, 0.4) is 0 Å². The number of fused-ring (bicyclic) bond motifs is 1. The number of rotatable bonds is 2. The molecule has 4 heteroatoms. The Balaban J connectivity index is 1.87. The summed E-state index contributed by atoms with van der Waals surface area (Å²) in [6.45, 7) is 6.45. The molecule has 1 aliphatic heterocycles. The topological polar surface area (TPSA) is 29.3 Å². The standard InChI is InChI=1S/C14H17FN2O/c1-9(2)17-6-5-10(8-17)14-16-12-7-11(15)3-4-13(12)18-14/h3-4,7,9-10H,5-6,8H2,1-2H3. The Hall–Kier alpha value is -1.42. The Kier molecular flexibility index (Phi) is 2.82. The number of aromatic nitrogens is 1. The number of nitrogens with zero attached hydrogens (tertiary/aromatic N) is 2. The zero-order valence-corrected chi connectivity index (χ0v) is 10.7. The van der Waals surface area contributed by atoms with E-state index in [2.05, 4.69) is 23.7 Å². The minimum absolute atomic E-state index is 0.266. The van der Waals surface area contributed by atoms with E-state index in [4.69, 9.17) is 4.42 Å². The van der Waals surface area contributed by atoms with E-state index in [1.165, 1.54) is 12.1 Å². The van der Waals surface area contributed by atoms with Gasteiger partial charge in [-0.2, -0.15) is 0 Å². The lowest BCUT2D eigenvalue weighted by Gasteiger charge is -2.19. The van der Waals surface area contributed by atoms with Gasteiger partial charge in [0.25, 0.3) is 0 Å². The van der Waals surface area contributed by atoms with E-state index in [0.717, 1.165) is 25.4 Å². The van der Waals surface area contributed by atoms with E-state index in [9.17, 15) is 4.39 Å². The second-order valence-electron chi connectivity index (χ2n) is 5.24. The molecule has 1 aromatic heterocycles. The number of oxazole rings is 1. The van der Waals surface area contributed by atoms with Gasteiger partial charge in [0, 0.05) is 24.6 Å². The molecule has 0 saturated carbocycles. The predicted molar refractivity (Wildman–Crippen MR) is 68.0 cm³/mol. The normalized spacial score (nSPS) is 21.2. The molecule has 96 valence electrons. The molecule has 3 nitrogen and oxygen atoms in total. The van der Waals surface area contributed by atoms with Crippen molar-refractivity contribution in [3.05, 3.63) is 29.9 Å². The van der Waals surface area contributed by atoms with Gasteiger partial charge in [0.15, 0.2) is 11.5 Å². The molecule has 2 heterocycles. The van der Waals surface area contributed by atoms with Gasteiger partial charge in [0.2, 0.25) is 0 Å². The van der Waals surface area contributed by atoms with Crippen LogP contribution in [-0.4, -0.2) is 29.0 Å². The maximum atomic E-state index is 13.1. The van der Waals surface area contributed by atoms with E-state index in [0.29, 0.717) is 23.1 Å². The molecule has 1 aliphatic rings. The molecule has 0 radical (unpaired) electrons. The van der Waals surface area contributed by atoms with Crippen LogP contribution in [-0.2, 0) is 0 Å². The fraction of sp³-hybridized carbons (Fsp3) is 0.500. The highest BCUT2D eigenvalue weighted by Crippen LogP contribution is 2.30. The summed E-state index contributed by atoms with van der Waals surface area (Å²) in [7, 11) is 0. The third kappa shape index (κ3) is 2.01. The van der Waals surface area contributed by atoms with Crippen LogP contribution in [0.1, 0.15) is 32.1 Å². The molecular formula is C14H17FN2O. The van der Waals surface area contributed by atoms with Gasteiger partial charge in [-0.05, 0) is 38.9 Å². The number of halogens is 1. The Bertz CT molecular complexity index is 564. The molecule has 0 bridgehead atoms. The van der Waals surface area contributed by atoms with Gasteiger partial charge in [-0.25, -0.2) is 9.37 Å². The van der Waals surface area contributed by atoms with Gasteiger partial charge in [-0.1, -0.05) is 0 Å². The lowest BCUT2D eigenvalue weighted by atomic mass is 10.1. The highest BCUT2D eigenvalue weighted by Gasteiger charge is 2.28. The first-order valence-corrected chi connectivity index (χ1v) is 6.43. The van der Waals surface area contributed by atoms with Crippen LogP contribution in [0, 0.1) is 5.82 Å². The van der Waals surface area contributed by atoms with Gasteiger partial charge in [-0.15, -0.1) is 0 Å². The van der Waals surface area contributed by atoms with Crippen LogP contribution in [0.15, 0.2) is 22.6 Å². The van der Waals surface area contributed by atoms with Crippen molar-refractivity contribution in [1.82, 2.24) is 9.88 Å². The van der Waals surface area contributed by atoms with Crippen molar-refractivity contribution in [3.8, 4) is 0 Å². The molecule has 0 spiro atoms. The second kappa shape index (κ2) is 4.35. The first-order chi connectivity index (χ1) is 8.63. The van der Waals surface area contributed by atoms with E-state index in [-0.39, 0.29) is 5.82 Å². The number of likely N-dealkylation sites (tertiary alicyclic amines) is 1. The van der Waals surface area contributed by atoms with Crippen LogP contribution in [0.5, 0.6) is 0 Å². The summed E-state index contributed by atoms with van der Waals surface area (Å²) in [5, 5.41) is 0. The first-order valence-electron chi connectivity index (χ1n) is 6.43. The zero-order valence-electron chi connectivity index (χ0n) is 10.7. The Labute approximate surface area is 106 Å². The first kappa shape index (κ1) is 11.7. The van der Waals surface area contributed by atoms with Gasteiger partial charge in [0.1, 0.15) is 11.3 Å². The predicted octanol–water partition coefficient (Wildman–Crippen LogP) is 3.16. The fourth-order valence-electron chi connectivity index (χ4n) is 2.55. The Morgan fingerprint density at radius 3 is 3.00 bits per heavy atom. The quantitative estimate of drug-likeness (QED) is 0.817. The highest BCUT2D eigenvalue weighted by molar-refractivity contribution is 5.72. The monoisotopic (exact) mass is 248 g/mol. The Morgan fingerprint density at radius 2 is 2.28 bits per heavy atom. The molecule has 0 N–H and O–H groups in total. The second-order valence-corrected chi connectivity index (χ2v) is 5.24. The Morgan fingerprint density at radius 1 is 1.44 bits per heavy atom. The third-order valence-electron chi connectivity index (χ3n) is 3.67. The molecular weight excluding hydrogens is 231 g/mol. The number of hydrogen-bond donors (Lipinski definition) is 0. The van der Waals surface area contributed by atoms with Crippen LogP contribution in [0.4, 0.5) is 4.39 Å². The van der Waals surface area contributed by atoms with E-state index < -0.39 is 0 Å². The smallest absolute Gasteiger partial charge is 0.199 e. The van der Waals surface area contributed by atoms with Crippen molar-refractivity contribution in [2.75, 3.05) is 13.1 Å². The van der Waals surface area contributed by atoms with Crippen molar-refractivity contribution in [2.45, 2.75) is 32.2 Å².